The van der Waals surface area contributed by atoms with Gasteiger partial charge in [0, 0.05) is 48.2 Å². The molecule has 4 aromatic heterocycles. The third-order valence-corrected chi connectivity index (χ3v) is 27.9. The van der Waals surface area contributed by atoms with Gasteiger partial charge >= 0.3 is 17.5 Å². The first-order valence-electron chi connectivity index (χ1n) is 31.8. The Morgan fingerprint density at radius 2 is 0.898 bits per heavy atom. The van der Waals surface area contributed by atoms with Gasteiger partial charge in [0.25, 0.3) is 0 Å². The van der Waals surface area contributed by atoms with E-state index in [4.69, 9.17) is 36.6 Å². The van der Waals surface area contributed by atoms with Gasteiger partial charge < -0.3 is 36.6 Å². The molecule has 0 aliphatic carbocycles. The molecule has 88 heavy (non-hydrogen) atoms. The van der Waals surface area contributed by atoms with Gasteiger partial charge in [0.2, 0.25) is 11.4 Å². The topological polar surface area (TPSA) is 169 Å². The predicted octanol–water partition coefficient (Wildman–Crippen LogP) is 17.1. The number of unbranched alkanes of at least 4 members (excludes halogenated alkanes) is 4. The Balaban J connectivity index is 0.772. The molecule has 2 aliphatic rings. The molecule has 0 radical (unpaired) electrons. The smallest absolute Gasteiger partial charge is 0.437 e. The zero-order valence-corrected chi connectivity index (χ0v) is 55.7. The van der Waals surface area contributed by atoms with E-state index in [9.17, 15) is 14.4 Å². The maximum Gasteiger partial charge on any atom is 0.508 e. The summed E-state index contributed by atoms with van der Waals surface area (Å²) in [4.78, 5) is 49.4. The molecule has 2 saturated heterocycles. The van der Waals surface area contributed by atoms with Crippen molar-refractivity contribution in [2.24, 2.45) is 0 Å². The number of carbonyl (C=O) groups is 1. The first-order chi connectivity index (χ1) is 41.9. The fraction of sp³-hybridized carbons (Fsp3) is 0.479. The van der Waals surface area contributed by atoms with Gasteiger partial charge in [-0.05, 0) is 107 Å². The molecule has 10 rings (SSSR count). The number of benzene rings is 4. The van der Waals surface area contributed by atoms with Crippen LogP contribution < -0.4 is 11.4 Å². The van der Waals surface area contributed by atoms with Gasteiger partial charge in [0.15, 0.2) is 16.6 Å². The number of hydrogen-bond donors (Lipinski definition) is 0. The van der Waals surface area contributed by atoms with E-state index in [-0.39, 0.29) is 58.8 Å². The fourth-order valence-electron chi connectivity index (χ4n) is 11.3. The number of fused-ring (bicyclic) bond motifs is 2. The average molecular weight is 1230 g/mol. The molecular formula is C71H90N4O11Si2. The third-order valence-electron chi connectivity index (χ3n) is 18.9. The van der Waals surface area contributed by atoms with E-state index in [1.807, 2.05) is 60.7 Å². The van der Waals surface area contributed by atoms with Gasteiger partial charge in [-0.15, -0.1) is 0 Å². The van der Waals surface area contributed by atoms with Crippen LogP contribution in [-0.4, -0.2) is 67.3 Å². The minimum atomic E-state index is -2.16. The van der Waals surface area contributed by atoms with Gasteiger partial charge in [0.05, 0.1) is 36.2 Å². The van der Waals surface area contributed by atoms with Crippen LogP contribution in [0.2, 0.25) is 36.3 Å². The van der Waals surface area contributed by atoms with Gasteiger partial charge in [-0.3, -0.25) is 9.13 Å². The summed E-state index contributed by atoms with van der Waals surface area (Å²) in [7, 11) is -4.33. The summed E-state index contributed by atoms with van der Waals surface area (Å²) in [6.45, 7) is 27.4. The summed E-state index contributed by atoms with van der Waals surface area (Å²) < 4.78 is 53.8. The highest BCUT2D eigenvalue weighted by atomic mass is 28.4. The molecule has 8 aromatic rings. The van der Waals surface area contributed by atoms with Crippen molar-refractivity contribution in [3.05, 3.63) is 176 Å². The number of aromatic nitrogens is 4. The standard InChI is InChI=1S/C71H90N4O11Si2/c1-13-15-17-19-47-21-33-53(34-22-47)59-37-55-41-74(67(76)72-65(55)85-59)63-39-57(61(83-63)45-81-87(9,10)70(3,4)5)51-29-25-49(26-30-51)43-79-69(78)80-44-50-27-31-52(32-28-50)58-40-64(84-62(58)46-82-88(11,12)71(6,7)8)75-42-56-38-60(86-66(56)73-68(75)77)54-35-23-48(24-36-54)20-18-16-14-2/h21-38,41-42,57-58,61-64H,13-20,39-40,43-46H2,1-12H3. The van der Waals surface area contributed by atoms with E-state index in [2.05, 4.69) is 140 Å². The number of aryl methyl sites for hydroxylation is 2. The van der Waals surface area contributed by atoms with Crippen molar-refractivity contribution in [3.63, 3.8) is 0 Å². The molecule has 0 bridgehead atoms. The lowest BCUT2D eigenvalue weighted by Crippen LogP contribution is -2.43. The molecule has 6 unspecified atom stereocenters. The maximum atomic E-state index is 13.7. The zero-order chi connectivity index (χ0) is 62.5. The number of furan rings is 2. The highest BCUT2D eigenvalue weighted by molar-refractivity contribution is 6.74. The molecule has 2 fully saturated rings. The van der Waals surface area contributed by atoms with E-state index in [0.717, 1.165) is 59.1 Å². The molecular weight excluding hydrogens is 1140 g/mol. The lowest BCUT2D eigenvalue weighted by atomic mass is 9.91. The summed E-state index contributed by atoms with van der Waals surface area (Å²) >= 11 is 0. The monoisotopic (exact) mass is 1230 g/mol. The van der Waals surface area contributed by atoms with Crippen molar-refractivity contribution in [2.45, 2.75) is 206 Å². The molecule has 0 spiro atoms. The number of nitrogens with zero attached hydrogens (tertiary/aromatic N) is 4. The third kappa shape index (κ3) is 15.1. The van der Waals surface area contributed by atoms with E-state index in [0.29, 0.717) is 48.3 Å². The van der Waals surface area contributed by atoms with Crippen LogP contribution in [-0.2, 0) is 53.9 Å². The van der Waals surface area contributed by atoms with Crippen LogP contribution in [0.1, 0.15) is 164 Å². The number of ether oxygens (including phenoxy) is 4. The first kappa shape index (κ1) is 64.3. The highest BCUT2D eigenvalue weighted by Gasteiger charge is 2.44. The number of hydrogen-bond acceptors (Lipinski definition) is 13. The number of rotatable bonds is 24. The minimum Gasteiger partial charge on any atom is -0.437 e. The highest BCUT2D eigenvalue weighted by Crippen LogP contribution is 2.45. The van der Waals surface area contributed by atoms with Crippen LogP contribution in [0.5, 0.6) is 0 Å². The summed E-state index contributed by atoms with van der Waals surface area (Å²) in [5.41, 5.74) is 7.74. The van der Waals surface area contributed by atoms with Crippen LogP contribution in [0.4, 0.5) is 4.79 Å². The van der Waals surface area contributed by atoms with E-state index < -0.39 is 46.6 Å². The SMILES string of the molecule is CCCCCc1ccc(-c2cc3cn(C4CC(c5ccc(COC(=O)OCc6ccc(C7CC(n8cc9cc(-c%10ccc(CCCCC)cc%10)oc9nc8=O)OC7CO[Si](C)(C)C(C)(C)C)cc6)cc5)C(CO[Si](C)(C)C(C)(C)C)O4)c(=O)nc3o2)cc1. The minimum absolute atomic E-state index is 0.00938. The zero-order valence-electron chi connectivity index (χ0n) is 53.7. The lowest BCUT2D eigenvalue weighted by Gasteiger charge is -2.37. The summed E-state index contributed by atoms with van der Waals surface area (Å²) in [5.74, 6) is 1.10. The normalized spacial score (nSPS) is 19.3. The molecule has 0 amide bonds. The van der Waals surface area contributed by atoms with Gasteiger partial charge in [-0.2, -0.15) is 9.97 Å². The molecule has 2 aliphatic heterocycles. The van der Waals surface area contributed by atoms with Crippen LogP contribution in [0.15, 0.2) is 140 Å². The van der Waals surface area contributed by atoms with Gasteiger partial charge in [0.1, 0.15) is 37.2 Å². The Kier molecular flexibility index (Phi) is 19.8. The van der Waals surface area contributed by atoms with Gasteiger partial charge in [-0.25, -0.2) is 14.4 Å². The van der Waals surface area contributed by atoms with E-state index in [1.54, 1.807) is 21.5 Å². The fourth-order valence-corrected chi connectivity index (χ4v) is 13.3. The summed E-state index contributed by atoms with van der Waals surface area (Å²) in [6, 6.07) is 36.6. The molecule has 0 N–H and O–H groups in total. The summed E-state index contributed by atoms with van der Waals surface area (Å²) in [5, 5.41) is 1.41. The second kappa shape index (κ2) is 27.2. The molecule has 15 nitrogen and oxygen atoms in total. The first-order valence-corrected chi connectivity index (χ1v) is 37.6. The Hall–Kier alpha value is -6.74. The van der Waals surface area contributed by atoms with E-state index in [1.165, 1.54) is 36.8 Å². The van der Waals surface area contributed by atoms with Crippen molar-refractivity contribution in [1.82, 2.24) is 19.1 Å². The van der Waals surface area contributed by atoms with Crippen LogP contribution in [0.3, 0.4) is 0 Å². The van der Waals surface area contributed by atoms with Crippen molar-refractivity contribution < 1.29 is 41.4 Å². The molecule has 468 valence electrons. The Morgan fingerprint density at radius 1 is 0.534 bits per heavy atom. The Morgan fingerprint density at radius 3 is 1.25 bits per heavy atom. The Bertz CT molecular complexity index is 3520. The quantitative estimate of drug-likeness (QED) is 0.0319. The lowest BCUT2D eigenvalue weighted by molar-refractivity contribution is -0.0248. The summed E-state index contributed by atoms with van der Waals surface area (Å²) in [6.07, 6.45) is 11.2. The largest absolute Gasteiger partial charge is 0.508 e. The van der Waals surface area contributed by atoms with Crippen LogP contribution in [0.25, 0.3) is 44.8 Å². The maximum absolute atomic E-state index is 13.7. The van der Waals surface area contributed by atoms with Gasteiger partial charge in [-0.1, -0.05) is 178 Å². The molecule has 0 saturated carbocycles. The predicted molar refractivity (Wildman–Crippen MR) is 351 cm³/mol. The average Bonchev–Trinajstić information content (AvgIpc) is 2.26. The van der Waals surface area contributed by atoms with Crippen LogP contribution >= 0.6 is 0 Å². The number of carbonyl (C=O) groups excluding carboxylic acids is 1. The molecule has 6 heterocycles. The van der Waals surface area contributed by atoms with Crippen molar-refractivity contribution >= 4 is 45.0 Å². The molecule has 4 aromatic carbocycles. The Labute approximate surface area is 520 Å². The molecule has 17 heteroatoms. The second-order valence-electron chi connectivity index (χ2n) is 27.3. The van der Waals surface area contributed by atoms with Crippen molar-refractivity contribution in [3.8, 4) is 22.6 Å². The van der Waals surface area contributed by atoms with E-state index >= 15 is 0 Å². The van der Waals surface area contributed by atoms with Crippen LogP contribution in [0, 0.1) is 0 Å². The second-order valence-corrected chi connectivity index (χ2v) is 36.9. The van der Waals surface area contributed by atoms with Crippen molar-refractivity contribution in [2.75, 3.05) is 13.2 Å². The molecule has 6 atom stereocenters. The van der Waals surface area contributed by atoms with Crippen molar-refractivity contribution in [1.29, 1.82) is 0 Å².